The summed E-state index contributed by atoms with van der Waals surface area (Å²) in [6.45, 7) is 5.74. The van der Waals surface area contributed by atoms with E-state index >= 15 is 0 Å². The Hall–Kier alpha value is -2.70. The van der Waals surface area contributed by atoms with E-state index in [0.29, 0.717) is 44.6 Å². The molecule has 0 bridgehead atoms. The molecule has 8 heteroatoms. The smallest absolute Gasteiger partial charge is 0.338 e. The van der Waals surface area contributed by atoms with Gasteiger partial charge >= 0.3 is 12.0 Å². The van der Waals surface area contributed by atoms with Crippen LogP contribution in [0.2, 0.25) is 10.0 Å². The third-order valence-corrected chi connectivity index (χ3v) is 5.56. The van der Waals surface area contributed by atoms with E-state index in [0.717, 1.165) is 6.42 Å². The van der Waals surface area contributed by atoms with Gasteiger partial charge in [-0.1, -0.05) is 54.7 Å². The van der Waals surface area contributed by atoms with Crippen LogP contribution in [0.1, 0.15) is 50.8 Å². The van der Waals surface area contributed by atoms with Crippen molar-refractivity contribution in [3.05, 3.63) is 74.9 Å². The lowest BCUT2D eigenvalue weighted by atomic mass is 9.93. The lowest BCUT2D eigenvalue weighted by Gasteiger charge is -2.30. The van der Waals surface area contributed by atoms with Crippen molar-refractivity contribution in [1.82, 2.24) is 10.6 Å². The van der Waals surface area contributed by atoms with Crippen molar-refractivity contribution < 1.29 is 19.1 Å². The Bertz CT molecular complexity index is 1020. The predicted molar refractivity (Wildman–Crippen MR) is 125 cm³/mol. The van der Waals surface area contributed by atoms with E-state index in [9.17, 15) is 9.59 Å². The molecule has 1 heterocycles. The number of nitrogens with one attached hydrogen (secondary N) is 2. The lowest BCUT2D eigenvalue weighted by molar-refractivity contribution is -0.143. The van der Waals surface area contributed by atoms with Gasteiger partial charge in [0, 0.05) is 21.3 Å². The van der Waals surface area contributed by atoms with E-state index in [4.69, 9.17) is 32.7 Å². The average Bonchev–Trinajstić information content (AvgIpc) is 2.73. The summed E-state index contributed by atoms with van der Waals surface area (Å²) in [5.74, 6) is 0.0926. The second kappa shape index (κ2) is 10.7. The number of halogens is 2. The summed E-state index contributed by atoms with van der Waals surface area (Å²) in [5, 5.41) is 6.64. The molecule has 1 atom stereocenters. The Morgan fingerprint density at radius 2 is 1.81 bits per heavy atom. The van der Waals surface area contributed by atoms with Gasteiger partial charge in [-0.05, 0) is 50.1 Å². The molecular weight excluding hydrogens is 451 g/mol. The van der Waals surface area contributed by atoms with Gasteiger partial charge in [0.15, 0.2) is 0 Å². The quantitative estimate of drug-likeness (QED) is 0.462. The number of ether oxygens (including phenoxy) is 2. The molecule has 0 radical (unpaired) electrons. The van der Waals surface area contributed by atoms with Crippen LogP contribution in [-0.2, 0) is 16.1 Å². The van der Waals surface area contributed by atoms with Gasteiger partial charge in [-0.15, -0.1) is 0 Å². The first kappa shape index (κ1) is 24.0. The van der Waals surface area contributed by atoms with Gasteiger partial charge in [0.1, 0.15) is 12.4 Å². The van der Waals surface area contributed by atoms with Crippen molar-refractivity contribution >= 4 is 35.2 Å². The summed E-state index contributed by atoms with van der Waals surface area (Å²) in [6.07, 6.45) is 1.03. The first-order valence-electron chi connectivity index (χ1n) is 10.5. The van der Waals surface area contributed by atoms with E-state index in [-0.39, 0.29) is 18.7 Å². The number of carbonyl (C=O) groups excluding carboxylic acids is 2. The Labute approximate surface area is 197 Å². The van der Waals surface area contributed by atoms with Crippen molar-refractivity contribution in [3.63, 3.8) is 0 Å². The van der Waals surface area contributed by atoms with E-state index < -0.39 is 12.0 Å². The molecule has 1 aliphatic heterocycles. The average molecular weight is 477 g/mol. The van der Waals surface area contributed by atoms with Gasteiger partial charge in [0.05, 0.1) is 17.7 Å². The largest absolute Gasteiger partial charge is 0.489 e. The van der Waals surface area contributed by atoms with E-state index in [1.54, 1.807) is 50.2 Å². The molecule has 2 N–H and O–H groups in total. The summed E-state index contributed by atoms with van der Waals surface area (Å²) in [7, 11) is 0. The zero-order valence-corrected chi connectivity index (χ0v) is 19.7. The highest BCUT2D eigenvalue weighted by molar-refractivity contribution is 6.35. The zero-order chi connectivity index (χ0) is 23.3. The third kappa shape index (κ3) is 5.75. The fourth-order valence-electron chi connectivity index (χ4n) is 3.44. The Balaban J connectivity index is 1.91. The van der Waals surface area contributed by atoms with Gasteiger partial charge in [0.25, 0.3) is 0 Å². The van der Waals surface area contributed by atoms with Crippen LogP contribution in [0, 0.1) is 0 Å². The van der Waals surface area contributed by atoms with Gasteiger partial charge in [-0.25, -0.2) is 9.59 Å². The Morgan fingerprint density at radius 3 is 2.47 bits per heavy atom. The number of rotatable bonds is 8. The molecule has 0 saturated carbocycles. The molecule has 2 aromatic carbocycles. The van der Waals surface area contributed by atoms with Crippen molar-refractivity contribution in [2.75, 3.05) is 0 Å². The van der Waals surface area contributed by atoms with Crippen LogP contribution in [0.15, 0.2) is 53.7 Å². The summed E-state index contributed by atoms with van der Waals surface area (Å²) >= 11 is 12.5. The molecule has 0 aliphatic carbocycles. The first-order chi connectivity index (χ1) is 15.3. The summed E-state index contributed by atoms with van der Waals surface area (Å²) in [4.78, 5) is 25.2. The summed E-state index contributed by atoms with van der Waals surface area (Å²) in [6, 6.07) is 11.5. The third-order valence-electron chi connectivity index (χ3n) is 4.85. The van der Waals surface area contributed by atoms with Gasteiger partial charge in [-0.2, -0.15) is 0 Å². The van der Waals surface area contributed by atoms with Crippen molar-refractivity contribution in [3.8, 4) is 5.75 Å². The van der Waals surface area contributed by atoms with E-state index in [1.807, 2.05) is 13.0 Å². The fourth-order valence-corrected chi connectivity index (χ4v) is 3.95. The molecule has 170 valence electrons. The monoisotopic (exact) mass is 476 g/mol. The minimum Gasteiger partial charge on any atom is -0.489 e. The highest BCUT2D eigenvalue weighted by atomic mass is 35.5. The van der Waals surface area contributed by atoms with Gasteiger partial charge in [-0.3, -0.25) is 0 Å². The summed E-state index contributed by atoms with van der Waals surface area (Å²) < 4.78 is 11.4. The SMILES string of the molecule is CCCC1=C(C(=O)OC(C)C)C(c2cccc(OCc3c(Cl)cccc3Cl)c2)NC(=O)N1. The number of esters is 1. The number of carbonyl (C=O) groups is 2. The molecule has 0 aromatic heterocycles. The van der Waals surface area contributed by atoms with E-state index in [1.165, 1.54) is 0 Å². The van der Waals surface area contributed by atoms with Crippen LogP contribution in [0.25, 0.3) is 0 Å². The highest BCUT2D eigenvalue weighted by Crippen LogP contribution is 2.32. The highest BCUT2D eigenvalue weighted by Gasteiger charge is 2.34. The number of benzene rings is 2. The van der Waals surface area contributed by atoms with Gasteiger partial charge in [0.2, 0.25) is 0 Å². The molecule has 1 aliphatic rings. The maximum atomic E-state index is 12.9. The lowest BCUT2D eigenvalue weighted by Crippen LogP contribution is -2.46. The van der Waals surface area contributed by atoms with Crippen LogP contribution in [0.4, 0.5) is 4.79 Å². The van der Waals surface area contributed by atoms with Gasteiger partial charge < -0.3 is 20.1 Å². The first-order valence-corrected chi connectivity index (χ1v) is 11.2. The predicted octanol–water partition coefficient (Wildman–Crippen LogP) is 5.93. The fraction of sp³-hybridized carbons (Fsp3) is 0.333. The molecular formula is C24H26Cl2N2O4. The van der Waals surface area contributed by atoms with Crippen LogP contribution >= 0.6 is 23.2 Å². The molecule has 6 nitrogen and oxygen atoms in total. The molecule has 3 rings (SSSR count). The molecule has 1 unspecified atom stereocenters. The minimum absolute atomic E-state index is 0.180. The molecule has 0 saturated heterocycles. The Kier molecular flexibility index (Phi) is 8.04. The summed E-state index contributed by atoms with van der Waals surface area (Å²) in [5.41, 5.74) is 2.35. The molecule has 0 spiro atoms. The van der Waals surface area contributed by atoms with Crippen molar-refractivity contribution in [2.45, 2.75) is 52.4 Å². The van der Waals surface area contributed by atoms with Crippen molar-refractivity contribution in [2.24, 2.45) is 0 Å². The molecule has 32 heavy (non-hydrogen) atoms. The number of urea groups is 1. The normalized spacial score (nSPS) is 15.9. The number of amides is 2. The second-order valence-corrected chi connectivity index (χ2v) is 8.50. The van der Waals surface area contributed by atoms with Crippen LogP contribution in [-0.4, -0.2) is 18.1 Å². The number of hydrogen-bond acceptors (Lipinski definition) is 4. The molecule has 0 fully saturated rings. The number of allylic oxidation sites excluding steroid dienone is 1. The zero-order valence-electron chi connectivity index (χ0n) is 18.2. The maximum absolute atomic E-state index is 12.9. The van der Waals surface area contributed by atoms with E-state index in [2.05, 4.69) is 10.6 Å². The van der Waals surface area contributed by atoms with Crippen molar-refractivity contribution in [1.29, 1.82) is 0 Å². The standard InChI is InChI=1S/C24H26Cl2N2O4/c1-4-7-20-21(23(29)32-14(2)3)22(28-24(30)27-20)15-8-5-9-16(12-15)31-13-17-18(25)10-6-11-19(17)26/h5-6,8-12,14,22H,4,7,13H2,1-3H3,(H2,27,28,30). The maximum Gasteiger partial charge on any atom is 0.338 e. The second-order valence-electron chi connectivity index (χ2n) is 7.69. The van der Waals surface area contributed by atoms with Crippen LogP contribution < -0.4 is 15.4 Å². The molecule has 2 amide bonds. The minimum atomic E-state index is -0.663. The molecule has 2 aromatic rings. The number of hydrogen-bond donors (Lipinski definition) is 2. The topological polar surface area (TPSA) is 76.7 Å². The Morgan fingerprint density at radius 1 is 1.12 bits per heavy atom. The van der Waals surface area contributed by atoms with Crippen LogP contribution in [0.3, 0.4) is 0 Å². The van der Waals surface area contributed by atoms with Crippen LogP contribution in [0.5, 0.6) is 5.75 Å².